The van der Waals surface area contributed by atoms with Crippen molar-refractivity contribution in [3.63, 3.8) is 0 Å². The molecule has 3 rings (SSSR count). The highest BCUT2D eigenvalue weighted by Crippen LogP contribution is 2.27. The molecular formula is C14H18N2O2. The van der Waals surface area contributed by atoms with Crippen LogP contribution in [0.1, 0.15) is 35.7 Å². The van der Waals surface area contributed by atoms with E-state index in [9.17, 15) is 4.79 Å². The molecule has 1 amide bonds. The van der Waals surface area contributed by atoms with Crippen LogP contribution < -0.4 is 5.73 Å². The number of fused-ring (bicyclic) bond motifs is 1. The first-order chi connectivity index (χ1) is 8.63. The van der Waals surface area contributed by atoms with Crippen LogP contribution in [0.5, 0.6) is 0 Å². The Kier molecular flexibility index (Phi) is 2.74. The molecule has 2 N–H and O–H groups in total. The summed E-state index contributed by atoms with van der Waals surface area (Å²) < 4.78 is 5.78. The number of ether oxygens (including phenoxy) is 1. The van der Waals surface area contributed by atoms with E-state index in [4.69, 9.17) is 10.5 Å². The average Bonchev–Trinajstić information content (AvgIpc) is 2.86. The SMILES string of the molecule is CC1CCC(CN2Cc3ccc(N)cc3C2=O)O1. The number of carbonyl (C=O) groups is 1. The van der Waals surface area contributed by atoms with Crippen molar-refractivity contribution >= 4 is 11.6 Å². The maximum atomic E-state index is 12.2. The first-order valence-electron chi connectivity index (χ1n) is 6.46. The number of anilines is 1. The molecule has 0 radical (unpaired) electrons. The van der Waals surface area contributed by atoms with Crippen molar-refractivity contribution in [2.75, 3.05) is 12.3 Å². The molecule has 0 aliphatic carbocycles. The number of nitrogen functional groups attached to an aromatic ring is 1. The fourth-order valence-corrected chi connectivity index (χ4v) is 2.79. The van der Waals surface area contributed by atoms with Gasteiger partial charge in [0.25, 0.3) is 5.91 Å². The Morgan fingerprint density at radius 1 is 1.44 bits per heavy atom. The Labute approximate surface area is 107 Å². The second-order valence-electron chi connectivity index (χ2n) is 5.25. The quantitative estimate of drug-likeness (QED) is 0.809. The molecule has 2 aliphatic heterocycles. The van der Waals surface area contributed by atoms with Gasteiger partial charge in [-0.3, -0.25) is 4.79 Å². The standard InChI is InChI=1S/C14H18N2O2/c1-9-2-5-12(18-9)8-16-7-10-3-4-11(15)6-13(10)14(16)17/h3-4,6,9,12H,2,5,7-8,15H2,1H3. The van der Waals surface area contributed by atoms with E-state index in [2.05, 4.69) is 6.92 Å². The van der Waals surface area contributed by atoms with Crippen LogP contribution in [0.4, 0.5) is 5.69 Å². The maximum absolute atomic E-state index is 12.2. The van der Waals surface area contributed by atoms with Crippen molar-refractivity contribution in [1.29, 1.82) is 0 Å². The third-order valence-electron chi connectivity index (χ3n) is 3.76. The number of carbonyl (C=O) groups excluding carboxylic acids is 1. The monoisotopic (exact) mass is 246 g/mol. The highest BCUT2D eigenvalue weighted by atomic mass is 16.5. The van der Waals surface area contributed by atoms with Crippen LogP contribution in [0, 0.1) is 0 Å². The number of nitrogens with two attached hydrogens (primary N) is 1. The fourth-order valence-electron chi connectivity index (χ4n) is 2.79. The van der Waals surface area contributed by atoms with Crippen LogP contribution in [-0.2, 0) is 11.3 Å². The van der Waals surface area contributed by atoms with E-state index in [1.54, 1.807) is 6.07 Å². The van der Waals surface area contributed by atoms with Crippen molar-refractivity contribution in [2.24, 2.45) is 0 Å². The Hall–Kier alpha value is -1.55. The van der Waals surface area contributed by atoms with E-state index in [-0.39, 0.29) is 12.0 Å². The van der Waals surface area contributed by atoms with Crippen molar-refractivity contribution in [2.45, 2.75) is 38.5 Å². The second kappa shape index (κ2) is 4.28. The lowest BCUT2D eigenvalue weighted by Crippen LogP contribution is -2.32. The van der Waals surface area contributed by atoms with Gasteiger partial charge in [0.2, 0.25) is 0 Å². The molecule has 0 spiro atoms. The predicted molar refractivity (Wildman–Crippen MR) is 69.2 cm³/mol. The lowest BCUT2D eigenvalue weighted by Gasteiger charge is -2.20. The van der Waals surface area contributed by atoms with Crippen molar-refractivity contribution in [3.8, 4) is 0 Å². The molecule has 1 fully saturated rings. The lowest BCUT2D eigenvalue weighted by atomic mass is 10.1. The van der Waals surface area contributed by atoms with E-state index in [1.807, 2.05) is 17.0 Å². The van der Waals surface area contributed by atoms with Gasteiger partial charge in [-0.2, -0.15) is 0 Å². The third kappa shape index (κ3) is 1.97. The third-order valence-corrected chi connectivity index (χ3v) is 3.76. The van der Waals surface area contributed by atoms with Crippen LogP contribution in [0.25, 0.3) is 0 Å². The molecule has 0 bridgehead atoms. The van der Waals surface area contributed by atoms with Gasteiger partial charge in [0.15, 0.2) is 0 Å². The molecule has 2 aliphatic rings. The Bertz CT molecular complexity index is 487. The molecule has 1 aromatic carbocycles. The average molecular weight is 246 g/mol. The van der Waals surface area contributed by atoms with Crippen LogP contribution in [-0.4, -0.2) is 29.6 Å². The van der Waals surface area contributed by atoms with Gasteiger partial charge in [-0.15, -0.1) is 0 Å². The van der Waals surface area contributed by atoms with Crippen LogP contribution >= 0.6 is 0 Å². The second-order valence-corrected chi connectivity index (χ2v) is 5.25. The zero-order valence-electron chi connectivity index (χ0n) is 10.6. The Balaban J connectivity index is 1.72. The zero-order chi connectivity index (χ0) is 12.7. The summed E-state index contributed by atoms with van der Waals surface area (Å²) in [5, 5.41) is 0. The zero-order valence-corrected chi connectivity index (χ0v) is 10.6. The topological polar surface area (TPSA) is 55.6 Å². The molecule has 1 saturated heterocycles. The number of rotatable bonds is 2. The smallest absolute Gasteiger partial charge is 0.254 e. The van der Waals surface area contributed by atoms with E-state index in [0.717, 1.165) is 24.0 Å². The number of hydrogen-bond donors (Lipinski definition) is 1. The largest absolute Gasteiger partial charge is 0.399 e. The molecule has 1 aromatic rings. The molecule has 18 heavy (non-hydrogen) atoms. The minimum atomic E-state index is 0.0838. The van der Waals surface area contributed by atoms with Crippen molar-refractivity contribution < 1.29 is 9.53 Å². The summed E-state index contributed by atoms with van der Waals surface area (Å²) in [4.78, 5) is 14.1. The number of amides is 1. The number of benzene rings is 1. The van der Waals surface area contributed by atoms with Gasteiger partial charge in [-0.1, -0.05) is 6.07 Å². The normalized spacial score (nSPS) is 26.7. The van der Waals surface area contributed by atoms with E-state index in [1.165, 1.54) is 0 Å². The van der Waals surface area contributed by atoms with Gasteiger partial charge in [-0.05, 0) is 37.5 Å². The summed E-state index contributed by atoms with van der Waals surface area (Å²) in [7, 11) is 0. The number of hydrogen-bond acceptors (Lipinski definition) is 3. The molecule has 96 valence electrons. The molecule has 2 unspecified atom stereocenters. The van der Waals surface area contributed by atoms with Gasteiger partial charge < -0.3 is 15.4 Å². The molecule has 4 nitrogen and oxygen atoms in total. The van der Waals surface area contributed by atoms with Crippen LogP contribution in [0.2, 0.25) is 0 Å². The summed E-state index contributed by atoms with van der Waals surface area (Å²) in [5.74, 6) is 0.0838. The summed E-state index contributed by atoms with van der Waals surface area (Å²) in [5.41, 5.74) is 8.19. The van der Waals surface area contributed by atoms with E-state index >= 15 is 0 Å². The van der Waals surface area contributed by atoms with Crippen LogP contribution in [0.3, 0.4) is 0 Å². The van der Waals surface area contributed by atoms with Gasteiger partial charge in [0.1, 0.15) is 0 Å². The summed E-state index contributed by atoms with van der Waals surface area (Å²) in [6.07, 6.45) is 2.65. The Morgan fingerprint density at radius 3 is 3.00 bits per heavy atom. The highest BCUT2D eigenvalue weighted by molar-refractivity contribution is 5.99. The minimum Gasteiger partial charge on any atom is -0.399 e. The number of nitrogens with zero attached hydrogens (tertiary/aromatic N) is 1. The maximum Gasteiger partial charge on any atom is 0.254 e. The molecule has 2 heterocycles. The molecular weight excluding hydrogens is 228 g/mol. The predicted octanol–water partition coefficient (Wildman–Crippen LogP) is 1.79. The molecule has 4 heteroatoms. The van der Waals surface area contributed by atoms with Crippen molar-refractivity contribution in [3.05, 3.63) is 29.3 Å². The Morgan fingerprint density at radius 2 is 2.28 bits per heavy atom. The first kappa shape index (κ1) is 11.5. The van der Waals surface area contributed by atoms with Crippen molar-refractivity contribution in [1.82, 2.24) is 4.90 Å². The molecule has 0 saturated carbocycles. The van der Waals surface area contributed by atoms with E-state index < -0.39 is 0 Å². The summed E-state index contributed by atoms with van der Waals surface area (Å²) in [6.45, 7) is 3.46. The summed E-state index contributed by atoms with van der Waals surface area (Å²) >= 11 is 0. The molecule has 0 aromatic heterocycles. The first-order valence-corrected chi connectivity index (χ1v) is 6.46. The van der Waals surface area contributed by atoms with E-state index in [0.29, 0.717) is 24.9 Å². The van der Waals surface area contributed by atoms with Crippen LogP contribution in [0.15, 0.2) is 18.2 Å². The van der Waals surface area contributed by atoms with Gasteiger partial charge in [0.05, 0.1) is 12.2 Å². The van der Waals surface area contributed by atoms with Gasteiger partial charge >= 0.3 is 0 Å². The van der Waals surface area contributed by atoms with Gasteiger partial charge in [0, 0.05) is 24.3 Å². The van der Waals surface area contributed by atoms with Gasteiger partial charge in [-0.25, -0.2) is 0 Å². The molecule has 2 atom stereocenters. The fraction of sp³-hybridized carbons (Fsp3) is 0.500. The minimum absolute atomic E-state index is 0.0838. The lowest BCUT2D eigenvalue weighted by molar-refractivity contribution is 0.0290. The summed E-state index contributed by atoms with van der Waals surface area (Å²) in [6, 6.07) is 5.57. The highest BCUT2D eigenvalue weighted by Gasteiger charge is 2.31.